The lowest BCUT2D eigenvalue weighted by Gasteiger charge is -2.13. The van der Waals surface area contributed by atoms with E-state index in [1.807, 2.05) is 6.92 Å². The van der Waals surface area contributed by atoms with Crippen LogP contribution in [-0.4, -0.2) is 24.6 Å². The highest BCUT2D eigenvalue weighted by Crippen LogP contribution is 2.28. The van der Waals surface area contributed by atoms with E-state index in [4.69, 9.17) is 5.11 Å². The number of hydrogen-bond acceptors (Lipinski definition) is 4. The van der Waals surface area contributed by atoms with Crippen molar-refractivity contribution >= 4 is 21.7 Å². The number of aryl methyl sites for hydroxylation is 2. The van der Waals surface area contributed by atoms with Crippen molar-refractivity contribution in [3.05, 3.63) is 53.1 Å². The lowest BCUT2D eigenvalue weighted by atomic mass is 10.1. The van der Waals surface area contributed by atoms with E-state index in [-0.39, 0.29) is 22.8 Å². The Morgan fingerprint density at radius 1 is 1.13 bits per heavy atom. The van der Waals surface area contributed by atoms with Gasteiger partial charge in [-0.3, -0.25) is 9.52 Å². The van der Waals surface area contributed by atoms with Crippen LogP contribution in [0.2, 0.25) is 0 Å². The molecule has 6 nitrogen and oxygen atoms in total. The van der Waals surface area contributed by atoms with Gasteiger partial charge in [-0.05, 0) is 43.2 Å². The van der Waals surface area contributed by atoms with Gasteiger partial charge < -0.3 is 10.2 Å². The largest absolute Gasteiger partial charge is 0.506 e. The molecule has 0 spiro atoms. The first-order chi connectivity index (χ1) is 10.7. The first-order valence-electron chi connectivity index (χ1n) is 6.83. The van der Waals surface area contributed by atoms with Gasteiger partial charge >= 0.3 is 5.97 Å². The highest BCUT2D eigenvalue weighted by Gasteiger charge is 2.19. The van der Waals surface area contributed by atoms with E-state index >= 15 is 0 Å². The second kappa shape index (κ2) is 6.29. The second-order valence-corrected chi connectivity index (χ2v) is 6.95. The summed E-state index contributed by atoms with van der Waals surface area (Å²) in [4.78, 5) is 10.8. The van der Waals surface area contributed by atoms with E-state index < -0.39 is 16.0 Å². The molecular weight excluding hydrogens is 318 g/mol. The van der Waals surface area contributed by atoms with Crippen molar-refractivity contribution in [1.82, 2.24) is 0 Å². The minimum absolute atomic E-state index is 0.0521. The molecule has 0 saturated carbocycles. The van der Waals surface area contributed by atoms with Gasteiger partial charge in [0.2, 0.25) is 0 Å². The maximum atomic E-state index is 12.5. The standard InChI is InChI=1S/C16H17NO5S/c1-10-3-6-15(11(2)7-10)23(21,22)17-13-8-12(9-16(19)20)4-5-14(13)18/h3-8,17-18H,9H2,1-2H3,(H,19,20). The smallest absolute Gasteiger partial charge is 0.307 e. The summed E-state index contributed by atoms with van der Waals surface area (Å²) >= 11 is 0. The number of nitrogens with one attached hydrogen (secondary N) is 1. The van der Waals surface area contributed by atoms with Crippen LogP contribution in [0.3, 0.4) is 0 Å². The molecule has 0 amide bonds. The van der Waals surface area contributed by atoms with E-state index in [9.17, 15) is 18.3 Å². The van der Waals surface area contributed by atoms with Crippen LogP contribution in [0.4, 0.5) is 5.69 Å². The van der Waals surface area contributed by atoms with Crippen LogP contribution in [0.15, 0.2) is 41.3 Å². The normalized spacial score (nSPS) is 11.2. The predicted octanol–water partition coefficient (Wildman–Crippen LogP) is 2.44. The fourth-order valence-corrected chi connectivity index (χ4v) is 3.54. The number of aromatic hydroxyl groups is 1. The van der Waals surface area contributed by atoms with Crippen molar-refractivity contribution in [2.75, 3.05) is 4.72 Å². The third kappa shape index (κ3) is 4.01. The zero-order chi connectivity index (χ0) is 17.2. The molecule has 2 aromatic carbocycles. The molecule has 0 aliphatic heterocycles. The monoisotopic (exact) mass is 335 g/mol. The van der Waals surface area contributed by atoms with Gasteiger partial charge in [0.05, 0.1) is 17.0 Å². The van der Waals surface area contributed by atoms with Gasteiger partial charge in [-0.15, -0.1) is 0 Å². The summed E-state index contributed by atoms with van der Waals surface area (Å²) in [5.74, 6) is -1.31. The SMILES string of the molecule is Cc1ccc(S(=O)(=O)Nc2cc(CC(=O)O)ccc2O)c(C)c1. The Kier molecular flexibility index (Phi) is 4.60. The number of hydrogen-bond donors (Lipinski definition) is 3. The number of carboxylic acid groups (broad SMARTS) is 1. The second-order valence-electron chi connectivity index (χ2n) is 5.30. The zero-order valence-corrected chi connectivity index (χ0v) is 13.5. The summed E-state index contributed by atoms with van der Waals surface area (Å²) in [5, 5.41) is 18.6. The van der Waals surface area contributed by atoms with Crippen LogP contribution >= 0.6 is 0 Å². The Bertz CT molecular complexity index is 859. The fraction of sp³-hybridized carbons (Fsp3) is 0.188. The zero-order valence-electron chi connectivity index (χ0n) is 12.7. The van der Waals surface area contributed by atoms with Gasteiger partial charge in [0.1, 0.15) is 5.75 Å². The Hall–Kier alpha value is -2.54. The van der Waals surface area contributed by atoms with Gasteiger partial charge in [0.15, 0.2) is 0 Å². The Balaban J connectivity index is 2.38. The predicted molar refractivity (Wildman–Crippen MR) is 86.2 cm³/mol. The number of rotatable bonds is 5. The van der Waals surface area contributed by atoms with Gasteiger partial charge in [-0.2, -0.15) is 0 Å². The highest BCUT2D eigenvalue weighted by atomic mass is 32.2. The minimum Gasteiger partial charge on any atom is -0.506 e. The number of carboxylic acids is 1. The van der Waals surface area contributed by atoms with Crippen molar-refractivity contribution in [1.29, 1.82) is 0 Å². The van der Waals surface area contributed by atoms with E-state index in [0.717, 1.165) is 5.56 Å². The molecule has 0 heterocycles. The molecule has 0 bridgehead atoms. The van der Waals surface area contributed by atoms with Crippen molar-refractivity contribution < 1.29 is 23.4 Å². The molecule has 0 aromatic heterocycles. The molecule has 0 fully saturated rings. The molecule has 0 aliphatic carbocycles. The van der Waals surface area contributed by atoms with Crippen LogP contribution in [0.5, 0.6) is 5.75 Å². The lowest BCUT2D eigenvalue weighted by Crippen LogP contribution is -2.15. The summed E-state index contributed by atoms with van der Waals surface area (Å²) in [5.41, 5.74) is 1.85. The average molecular weight is 335 g/mol. The van der Waals surface area contributed by atoms with E-state index in [1.54, 1.807) is 19.1 Å². The number of sulfonamides is 1. The number of benzene rings is 2. The van der Waals surface area contributed by atoms with Crippen LogP contribution in [0.25, 0.3) is 0 Å². The van der Waals surface area contributed by atoms with Crippen molar-refractivity contribution in [2.45, 2.75) is 25.2 Å². The summed E-state index contributed by atoms with van der Waals surface area (Å²) in [6.07, 6.45) is -0.265. The Morgan fingerprint density at radius 3 is 2.43 bits per heavy atom. The van der Waals surface area contributed by atoms with Gasteiger partial charge in [0, 0.05) is 0 Å². The third-order valence-electron chi connectivity index (χ3n) is 3.28. The summed E-state index contributed by atoms with van der Waals surface area (Å²) in [7, 11) is -3.89. The summed E-state index contributed by atoms with van der Waals surface area (Å²) in [6.45, 7) is 3.54. The summed E-state index contributed by atoms with van der Waals surface area (Å²) < 4.78 is 27.3. The quantitative estimate of drug-likeness (QED) is 0.728. The van der Waals surface area contributed by atoms with Crippen LogP contribution in [0, 0.1) is 13.8 Å². The number of anilines is 1. The van der Waals surface area contributed by atoms with Crippen LogP contribution < -0.4 is 4.72 Å². The topological polar surface area (TPSA) is 104 Å². The van der Waals surface area contributed by atoms with Gasteiger partial charge in [0.25, 0.3) is 10.0 Å². The Morgan fingerprint density at radius 2 is 1.83 bits per heavy atom. The first kappa shape index (κ1) is 16.8. The molecule has 0 aliphatic rings. The molecule has 0 radical (unpaired) electrons. The van der Waals surface area contributed by atoms with Crippen LogP contribution in [0.1, 0.15) is 16.7 Å². The van der Waals surface area contributed by atoms with Crippen molar-refractivity contribution in [2.24, 2.45) is 0 Å². The lowest BCUT2D eigenvalue weighted by molar-refractivity contribution is -0.136. The molecule has 122 valence electrons. The first-order valence-corrected chi connectivity index (χ1v) is 8.31. The van der Waals surface area contributed by atoms with Gasteiger partial charge in [-0.25, -0.2) is 8.42 Å². The summed E-state index contributed by atoms with van der Waals surface area (Å²) in [6, 6.07) is 8.92. The number of phenols is 1. The number of carbonyl (C=O) groups is 1. The highest BCUT2D eigenvalue weighted by molar-refractivity contribution is 7.92. The molecule has 2 rings (SSSR count). The fourth-order valence-electron chi connectivity index (χ4n) is 2.25. The molecule has 23 heavy (non-hydrogen) atoms. The van der Waals surface area contributed by atoms with Crippen molar-refractivity contribution in [3.63, 3.8) is 0 Å². The van der Waals surface area contributed by atoms with Crippen LogP contribution in [-0.2, 0) is 21.2 Å². The molecule has 7 heteroatoms. The van der Waals surface area contributed by atoms with Gasteiger partial charge in [-0.1, -0.05) is 23.8 Å². The molecule has 2 aromatic rings. The number of aliphatic carboxylic acids is 1. The molecule has 0 saturated heterocycles. The van der Waals surface area contributed by atoms with E-state index in [1.165, 1.54) is 24.3 Å². The molecule has 0 atom stereocenters. The number of phenolic OH excluding ortho intramolecular Hbond substituents is 1. The average Bonchev–Trinajstić information content (AvgIpc) is 2.41. The molecule has 3 N–H and O–H groups in total. The van der Waals surface area contributed by atoms with Crippen molar-refractivity contribution in [3.8, 4) is 5.75 Å². The van der Waals surface area contributed by atoms with E-state index in [2.05, 4.69) is 4.72 Å². The molecular formula is C16H17NO5S. The third-order valence-corrected chi connectivity index (χ3v) is 4.81. The maximum Gasteiger partial charge on any atom is 0.307 e. The maximum absolute atomic E-state index is 12.5. The van der Waals surface area contributed by atoms with E-state index in [0.29, 0.717) is 11.1 Å². The molecule has 0 unspecified atom stereocenters. The minimum atomic E-state index is -3.89. The Labute approximate surface area is 134 Å².